The summed E-state index contributed by atoms with van der Waals surface area (Å²) in [5.41, 5.74) is 5.67. The first kappa shape index (κ1) is 13.0. The van der Waals surface area contributed by atoms with Crippen LogP contribution >= 0.6 is 0 Å². The summed E-state index contributed by atoms with van der Waals surface area (Å²) in [5, 5.41) is 0. The Morgan fingerprint density at radius 3 is 2.47 bits per heavy atom. The van der Waals surface area contributed by atoms with Gasteiger partial charge in [-0.05, 0) is 37.6 Å². The van der Waals surface area contributed by atoms with E-state index in [0.717, 1.165) is 19.4 Å². The first-order valence-electron chi connectivity index (χ1n) is 5.99. The van der Waals surface area contributed by atoms with E-state index in [1.807, 2.05) is 6.92 Å². The van der Waals surface area contributed by atoms with Gasteiger partial charge in [0.25, 0.3) is 0 Å². The second-order valence-electron chi connectivity index (χ2n) is 4.63. The van der Waals surface area contributed by atoms with Crippen LogP contribution in [-0.4, -0.2) is 26.5 Å². The molecule has 1 rings (SSSR count). The van der Waals surface area contributed by atoms with E-state index in [0.29, 0.717) is 23.3 Å². The molecule has 1 saturated carbocycles. The molecule has 0 aromatic carbocycles. The maximum Gasteiger partial charge on any atom is 0.150 e. The molecule has 0 spiro atoms. The molecule has 0 bridgehead atoms. The molecule has 1 aliphatic rings. The summed E-state index contributed by atoms with van der Waals surface area (Å²) < 4.78 is 23.1. The lowest BCUT2D eigenvalue weighted by Crippen LogP contribution is -2.21. The van der Waals surface area contributed by atoms with E-state index in [9.17, 15) is 8.42 Å². The molecule has 0 aliphatic heterocycles. The van der Waals surface area contributed by atoms with Gasteiger partial charge in [0, 0.05) is 5.75 Å². The van der Waals surface area contributed by atoms with Crippen molar-refractivity contribution in [1.82, 2.24) is 0 Å². The van der Waals surface area contributed by atoms with E-state index in [1.165, 1.54) is 19.3 Å². The molecule has 1 fully saturated rings. The van der Waals surface area contributed by atoms with Gasteiger partial charge in [0.15, 0.2) is 0 Å². The fraction of sp³-hybridized carbons (Fsp3) is 1.00. The quantitative estimate of drug-likeness (QED) is 0.757. The van der Waals surface area contributed by atoms with Crippen molar-refractivity contribution in [2.24, 2.45) is 17.6 Å². The van der Waals surface area contributed by atoms with Crippen LogP contribution in [0.25, 0.3) is 0 Å². The van der Waals surface area contributed by atoms with Crippen LogP contribution < -0.4 is 5.73 Å². The van der Waals surface area contributed by atoms with E-state index in [4.69, 9.17) is 5.73 Å². The van der Waals surface area contributed by atoms with Crippen molar-refractivity contribution in [3.8, 4) is 0 Å². The van der Waals surface area contributed by atoms with Crippen LogP contribution in [0.15, 0.2) is 0 Å². The van der Waals surface area contributed by atoms with Gasteiger partial charge in [-0.25, -0.2) is 8.42 Å². The molecule has 2 N–H and O–H groups in total. The van der Waals surface area contributed by atoms with Gasteiger partial charge >= 0.3 is 0 Å². The van der Waals surface area contributed by atoms with Gasteiger partial charge in [-0.2, -0.15) is 0 Å². The number of hydrogen-bond donors (Lipinski definition) is 1. The van der Waals surface area contributed by atoms with Gasteiger partial charge in [-0.3, -0.25) is 0 Å². The topological polar surface area (TPSA) is 60.2 Å². The molecule has 0 amide bonds. The summed E-state index contributed by atoms with van der Waals surface area (Å²) >= 11 is 0. The highest BCUT2D eigenvalue weighted by Crippen LogP contribution is 2.33. The minimum absolute atomic E-state index is 0.340. The molecular formula is C11H23NO2S. The Morgan fingerprint density at radius 2 is 1.87 bits per heavy atom. The maximum absolute atomic E-state index is 11.6. The zero-order chi connectivity index (χ0) is 11.3. The van der Waals surface area contributed by atoms with Crippen molar-refractivity contribution in [3.63, 3.8) is 0 Å². The van der Waals surface area contributed by atoms with Crippen LogP contribution in [0.4, 0.5) is 0 Å². The van der Waals surface area contributed by atoms with Crippen molar-refractivity contribution >= 4 is 9.84 Å². The standard InChI is InChI=1S/C11H23NO2S/c1-2-7-15(13,14)8-6-10-4-3-5-11(10)9-12/h10-11H,2-9,12H2,1H3. The third-order valence-electron chi connectivity index (χ3n) is 3.43. The zero-order valence-corrected chi connectivity index (χ0v) is 10.4. The Labute approximate surface area is 93.3 Å². The first-order valence-corrected chi connectivity index (χ1v) is 7.81. The molecule has 2 atom stereocenters. The highest BCUT2D eigenvalue weighted by Gasteiger charge is 2.27. The second kappa shape index (κ2) is 5.85. The molecular weight excluding hydrogens is 210 g/mol. The molecule has 1 aliphatic carbocycles. The van der Waals surface area contributed by atoms with Crippen LogP contribution in [-0.2, 0) is 9.84 Å². The molecule has 0 saturated heterocycles. The van der Waals surface area contributed by atoms with Gasteiger partial charge in [0.05, 0.1) is 5.75 Å². The normalized spacial score (nSPS) is 27.1. The fourth-order valence-corrected chi connectivity index (χ4v) is 4.04. The lowest BCUT2D eigenvalue weighted by Gasteiger charge is -2.17. The number of sulfone groups is 1. The predicted octanol–water partition coefficient (Wildman–Crippen LogP) is 1.58. The van der Waals surface area contributed by atoms with E-state index in [-0.39, 0.29) is 0 Å². The average molecular weight is 233 g/mol. The fourth-order valence-electron chi connectivity index (χ4n) is 2.55. The van der Waals surface area contributed by atoms with Gasteiger partial charge in [-0.1, -0.05) is 19.8 Å². The van der Waals surface area contributed by atoms with Crippen molar-refractivity contribution in [3.05, 3.63) is 0 Å². The van der Waals surface area contributed by atoms with Crippen LogP contribution in [0.1, 0.15) is 39.0 Å². The molecule has 0 heterocycles. The summed E-state index contributed by atoms with van der Waals surface area (Å²) in [6, 6.07) is 0. The van der Waals surface area contributed by atoms with Crippen LogP contribution in [0.2, 0.25) is 0 Å². The van der Waals surface area contributed by atoms with Crippen molar-refractivity contribution in [2.45, 2.75) is 39.0 Å². The van der Waals surface area contributed by atoms with Crippen molar-refractivity contribution < 1.29 is 8.42 Å². The number of hydrogen-bond acceptors (Lipinski definition) is 3. The summed E-state index contributed by atoms with van der Waals surface area (Å²) in [5.74, 6) is 1.83. The molecule has 0 radical (unpaired) electrons. The summed E-state index contributed by atoms with van der Waals surface area (Å²) in [6.07, 6.45) is 5.14. The van der Waals surface area contributed by atoms with E-state index in [1.54, 1.807) is 0 Å². The summed E-state index contributed by atoms with van der Waals surface area (Å²) in [4.78, 5) is 0. The Bertz CT molecular complexity index is 274. The maximum atomic E-state index is 11.6. The van der Waals surface area contributed by atoms with E-state index >= 15 is 0 Å². The minimum atomic E-state index is -2.79. The second-order valence-corrected chi connectivity index (χ2v) is 6.93. The zero-order valence-electron chi connectivity index (χ0n) is 9.61. The average Bonchev–Trinajstić information content (AvgIpc) is 2.62. The van der Waals surface area contributed by atoms with Gasteiger partial charge in [0.2, 0.25) is 0 Å². The first-order chi connectivity index (χ1) is 7.09. The summed E-state index contributed by atoms with van der Waals surface area (Å²) in [6.45, 7) is 2.63. The lowest BCUT2D eigenvalue weighted by atomic mass is 9.94. The van der Waals surface area contributed by atoms with Gasteiger partial charge in [0.1, 0.15) is 9.84 Å². The Balaban J connectivity index is 2.36. The Kier molecular flexibility index (Phi) is 5.06. The van der Waals surface area contributed by atoms with Crippen LogP contribution in [0, 0.1) is 11.8 Å². The monoisotopic (exact) mass is 233 g/mol. The SMILES string of the molecule is CCCS(=O)(=O)CCC1CCCC1CN. The molecule has 15 heavy (non-hydrogen) atoms. The predicted molar refractivity (Wildman–Crippen MR) is 63.4 cm³/mol. The number of rotatable bonds is 6. The van der Waals surface area contributed by atoms with Crippen LogP contribution in [0.5, 0.6) is 0 Å². The highest BCUT2D eigenvalue weighted by molar-refractivity contribution is 7.91. The molecule has 3 nitrogen and oxygen atoms in total. The van der Waals surface area contributed by atoms with Crippen molar-refractivity contribution in [1.29, 1.82) is 0 Å². The largest absolute Gasteiger partial charge is 0.330 e. The molecule has 90 valence electrons. The minimum Gasteiger partial charge on any atom is -0.330 e. The highest BCUT2D eigenvalue weighted by atomic mass is 32.2. The number of nitrogens with two attached hydrogens (primary N) is 1. The van der Waals surface area contributed by atoms with E-state index in [2.05, 4.69) is 0 Å². The molecule has 0 aromatic heterocycles. The third-order valence-corrected chi connectivity index (χ3v) is 5.32. The molecule has 4 heteroatoms. The lowest BCUT2D eigenvalue weighted by molar-refractivity contribution is 0.385. The van der Waals surface area contributed by atoms with Gasteiger partial charge in [-0.15, -0.1) is 0 Å². The summed E-state index contributed by atoms with van der Waals surface area (Å²) in [7, 11) is -2.79. The van der Waals surface area contributed by atoms with Crippen LogP contribution in [0.3, 0.4) is 0 Å². The third kappa shape index (κ3) is 4.11. The Hall–Kier alpha value is -0.0900. The van der Waals surface area contributed by atoms with Gasteiger partial charge < -0.3 is 5.73 Å². The van der Waals surface area contributed by atoms with Crippen molar-refractivity contribution in [2.75, 3.05) is 18.1 Å². The Morgan fingerprint density at radius 1 is 1.20 bits per heavy atom. The molecule has 2 unspecified atom stereocenters. The smallest absolute Gasteiger partial charge is 0.150 e. The molecule has 0 aromatic rings. The van der Waals surface area contributed by atoms with E-state index < -0.39 is 9.84 Å².